The van der Waals surface area contributed by atoms with Crippen LogP contribution in [0.1, 0.15) is 32.0 Å². The zero-order chi connectivity index (χ0) is 27.3. The zero-order valence-electron chi connectivity index (χ0n) is 22.0. The fourth-order valence-corrected chi connectivity index (χ4v) is 6.98. The molecule has 0 bridgehead atoms. The molecule has 7 rings (SSSR count). The summed E-state index contributed by atoms with van der Waals surface area (Å²) in [6.45, 7) is 5.22. The minimum absolute atomic E-state index is 0.218. The second kappa shape index (κ2) is 10.2. The molecule has 1 N–H and O–H groups in total. The highest BCUT2D eigenvalue weighted by Crippen LogP contribution is 2.42. The minimum atomic E-state index is -0.218. The van der Waals surface area contributed by atoms with Gasteiger partial charge in [-0.2, -0.15) is 0 Å². The topological polar surface area (TPSA) is 102 Å². The summed E-state index contributed by atoms with van der Waals surface area (Å²) in [5.74, 6) is 1.56. The van der Waals surface area contributed by atoms with E-state index in [1.807, 2.05) is 42.6 Å². The predicted octanol–water partition coefficient (Wildman–Crippen LogP) is 5.31. The van der Waals surface area contributed by atoms with Gasteiger partial charge in [-0.15, -0.1) is 0 Å². The molecule has 2 fully saturated rings. The smallest absolute Gasteiger partial charge is 0.263 e. The number of benzene rings is 2. The zero-order valence-corrected chi connectivity index (χ0v) is 23.6. The van der Waals surface area contributed by atoms with Crippen LogP contribution < -0.4 is 10.5 Å². The molecule has 9 nitrogen and oxygen atoms in total. The Kier molecular flexibility index (Phi) is 6.48. The van der Waals surface area contributed by atoms with Gasteiger partial charge in [0, 0.05) is 18.0 Å². The standard InChI is InChI=1S/C29H28ClN7O2S/c1-18-12-29(16-39-18)8-10-36(11-9-29)24-13-32-25(14-31-24)40-22-7-6-21-26(27(22)30)28(38)37(17-33-21)15-23-34-19-4-2-3-5-20(19)35-23/h2-7,13-14,17-18H,8-12,15-16H2,1H3,(H,34,35)/t18-/m0/s1. The van der Waals surface area contributed by atoms with Crippen LogP contribution in [-0.2, 0) is 11.3 Å². The molecule has 1 atom stereocenters. The number of hydrogen-bond donors (Lipinski definition) is 1. The van der Waals surface area contributed by atoms with Crippen LogP contribution in [0.15, 0.2) is 69.8 Å². The lowest BCUT2D eigenvalue weighted by Crippen LogP contribution is -2.41. The van der Waals surface area contributed by atoms with Crippen LogP contribution in [-0.4, -0.2) is 55.3 Å². The maximum atomic E-state index is 13.5. The number of ether oxygens (including phenoxy) is 1. The van der Waals surface area contributed by atoms with E-state index in [9.17, 15) is 4.79 Å². The lowest BCUT2D eigenvalue weighted by molar-refractivity contribution is 0.0976. The van der Waals surface area contributed by atoms with Gasteiger partial charge in [-0.3, -0.25) is 9.36 Å². The molecule has 1 spiro atoms. The molecule has 2 saturated heterocycles. The summed E-state index contributed by atoms with van der Waals surface area (Å²) >= 11 is 8.18. The number of hydrogen-bond acceptors (Lipinski definition) is 8. The first kappa shape index (κ1) is 25.5. The summed E-state index contributed by atoms with van der Waals surface area (Å²) in [6, 6.07) is 11.4. The molecule has 2 aliphatic heterocycles. The average Bonchev–Trinajstić information content (AvgIpc) is 3.55. The number of aromatic amines is 1. The number of nitrogens with one attached hydrogen (secondary N) is 1. The van der Waals surface area contributed by atoms with E-state index in [1.54, 1.807) is 6.20 Å². The van der Waals surface area contributed by atoms with Gasteiger partial charge in [-0.25, -0.2) is 19.9 Å². The van der Waals surface area contributed by atoms with Crippen molar-refractivity contribution in [2.75, 3.05) is 24.6 Å². The molecule has 2 aliphatic rings. The number of H-pyrrole nitrogens is 1. The van der Waals surface area contributed by atoms with E-state index in [4.69, 9.17) is 21.3 Å². The number of piperidine rings is 1. The quantitative estimate of drug-likeness (QED) is 0.302. The Hall–Kier alpha value is -3.47. The third-order valence-electron chi connectivity index (χ3n) is 8.03. The normalized spacial score (nSPS) is 18.8. The van der Waals surface area contributed by atoms with E-state index >= 15 is 0 Å². The first-order valence-corrected chi connectivity index (χ1v) is 14.6. The molecule has 204 valence electrons. The number of para-hydroxylation sites is 2. The first-order valence-electron chi connectivity index (χ1n) is 13.4. The Bertz CT molecular complexity index is 1730. The maximum absolute atomic E-state index is 13.5. The second-order valence-corrected chi connectivity index (χ2v) is 12.2. The van der Waals surface area contributed by atoms with Gasteiger partial charge in [-0.1, -0.05) is 35.5 Å². The summed E-state index contributed by atoms with van der Waals surface area (Å²) in [5.41, 5.74) is 2.43. The Balaban J connectivity index is 1.09. The van der Waals surface area contributed by atoms with Gasteiger partial charge in [0.2, 0.25) is 0 Å². The van der Waals surface area contributed by atoms with Crippen LogP contribution in [0.5, 0.6) is 0 Å². The second-order valence-electron chi connectivity index (χ2n) is 10.8. The fourth-order valence-electron chi connectivity index (χ4n) is 5.86. The summed E-state index contributed by atoms with van der Waals surface area (Å²) < 4.78 is 7.38. The van der Waals surface area contributed by atoms with Gasteiger partial charge in [0.05, 0.1) is 64.9 Å². The molecule has 2 aromatic carbocycles. The third-order valence-corrected chi connectivity index (χ3v) is 9.51. The van der Waals surface area contributed by atoms with Crippen LogP contribution in [0, 0.1) is 5.41 Å². The highest BCUT2D eigenvalue weighted by Gasteiger charge is 2.41. The monoisotopic (exact) mass is 573 g/mol. The van der Waals surface area contributed by atoms with Crippen molar-refractivity contribution in [3.8, 4) is 0 Å². The molecule has 3 aromatic heterocycles. The van der Waals surface area contributed by atoms with Gasteiger partial charge in [-0.05, 0) is 55.9 Å². The number of nitrogens with zero attached hydrogens (tertiary/aromatic N) is 6. The molecule has 0 aliphatic carbocycles. The Labute approximate surface area is 240 Å². The molecule has 0 amide bonds. The van der Waals surface area contributed by atoms with Crippen LogP contribution in [0.2, 0.25) is 5.02 Å². The molecule has 11 heteroatoms. The predicted molar refractivity (Wildman–Crippen MR) is 156 cm³/mol. The Morgan fingerprint density at radius 1 is 1.10 bits per heavy atom. The van der Waals surface area contributed by atoms with E-state index in [0.29, 0.717) is 38.3 Å². The highest BCUT2D eigenvalue weighted by molar-refractivity contribution is 7.99. The molecular weight excluding hydrogens is 546 g/mol. The number of rotatable bonds is 5. The Morgan fingerprint density at radius 2 is 1.95 bits per heavy atom. The SMILES string of the molecule is C[C@H]1CC2(CCN(c3cnc(Sc4ccc5ncn(Cc6nc7ccccc7[nH]6)c(=O)c5c4Cl)cn3)CC2)CO1. The molecule has 0 unspecified atom stereocenters. The Morgan fingerprint density at radius 3 is 2.70 bits per heavy atom. The lowest BCUT2D eigenvalue weighted by Gasteiger charge is -2.38. The molecule has 0 saturated carbocycles. The summed E-state index contributed by atoms with van der Waals surface area (Å²) in [7, 11) is 0. The van der Waals surface area contributed by atoms with E-state index in [-0.39, 0.29) is 12.1 Å². The van der Waals surface area contributed by atoms with E-state index in [1.165, 1.54) is 22.7 Å². The van der Waals surface area contributed by atoms with Gasteiger partial charge in [0.1, 0.15) is 16.7 Å². The van der Waals surface area contributed by atoms with Crippen molar-refractivity contribution >= 4 is 51.1 Å². The van der Waals surface area contributed by atoms with Crippen molar-refractivity contribution in [3.05, 3.63) is 76.3 Å². The third kappa shape index (κ3) is 4.74. The van der Waals surface area contributed by atoms with Gasteiger partial charge < -0.3 is 14.6 Å². The summed E-state index contributed by atoms with van der Waals surface area (Å²) in [4.78, 5) is 38.2. The van der Waals surface area contributed by atoms with Crippen LogP contribution >= 0.6 is 23.4 Å². The first-order chi connectivity index (χ1) is 19.5. The largest absolute Gasteiger partial charge is 0.378 e. The van der Waals surface area contributed by atoms with E-state index < -0.39 is 0 Å². The molecule has 0 radical (unpaired) electrons. The van der Waals surface area contributed by atoms with Crippen molar-refractivity contribution in [1.29, 1.82) is 0 Å². The maximum Gasteiger partial charge on any atom is 0.263 e. The van der Waals surface area contributed by atoms with Gasteiger partial charge in [0.15, 0.2) is 0 Å². The number of imidazole rings is 1. The average molecular weight is 574 g/mol. The molecule has 5 heterocycles. The number of fused-ring (bicyclic) bond motifs is 2. The van der Waals surface area contributed by atoms with Crippen molar-refractivity contribution in [2.45, 2.75) is 48.8 Å². The van der Waals surface area contributed by atoms with Crippen LogP contribution in [0.25, 0.3) is 21.9 Å². The summed E-state index contributed by atoms with van der Waals surface area (Å²) in [5, 5.41) is 1.45. The molecule has 5 aromatic rings. The molecular formula is C29H28ClN7O2S. The van der Waals surface area contributed by atoms with Crippen LogP contribution in [0.3, 0.4) is 0 Å². The van der Waals surface area contributed by atoms with E-state index in [0.717, 1.165) is 60.7 Å². The lowest BCUT2D eigenvalue weighted by atomic mass is 9.77. The fraction of sp³-hybridized carbons (Fsp3) is 0.345. The van der Waals surface area contributed by atoms with Crippen LogP contribution in [0.4, 0.5) is 5.82 Å². The minimum Gasteiger partial charge on any atom is -0.378 e. The van der Waals surface area contributed by atoms with Crippen molar-refractivity contribution in [1.82, 2.24) is 29.5 Å². The molecule has 40 heavy (non-hydrogen) atoms. The van der Waals surface area contributed by atoms with Gasteiger partial charge in [0.25, 0.3) is 5.56 Å². The van der Waals surface area contributed by atoms with Gasteiger partial charge >= 0.3 is 0 Å². The number of aromatic nitrogens is 6. The van der Waals surface area contributed by atoms with Crippen molar-refractivity contribution in [3.63, 3.8) is 0 Å². The number of anilines is 1. The van der Waals surface area contributed by atoms with Crippen molar-refractivity contribution < 1.29 is 4.74 Å². The highest BCUT2D eigenvalue weighted by atomic mass is 35.5. The number of halogens is 1. The summed E-state index contributed by atoms with van der Waals surface area (Å²) in [6.07, 6.45) is 8.87. The van der Waals surface area contributed by atoms with E-state index in [2.05, 4.69) is 31.8 Å². The van der Waals surface area contributed by atoms with Crippen molar-refractivity contribution in [2.24, 2.45) is 5.41 Å².